The highest BCUT2D eigenvalue weighted by molar-refractivity contribution is 14.1. The summed E-state index contributed by atoms with van der Waals surface area (Å²) in [4.78, 5) is 26.9. The number of benzene rings is 2. The summed E-state index contributed by atoms with van der Waals surface area (Å²) in [6.45, 7) is 0. The highest BCUT2D eigenvalue weighted by atomic mass is 127. The number of nitrogens with zero attached hydrogens (tertiary/aromatic N) is 1. The van der Waals surface area contributed by atoms with Crippen molar-refractivity contribution in [3.8, 4) is 0 Å². The summed E-state index contributed by atoms with van der Waals surface area (Å²) < 4.78 is 1.06. The number of hydrogen-bond donors (Lipinski definition) is 1. The second-order valence-electron chi connectivity index (χ2n) is 4.93. The minimum atomic E-state index is -0.395. The largest absolute Gasteiger partial charge is 0.399 e. The number of amides is 2. The molecular formula is C16H13IN2O2S. The van der Waals surface area contributed by atoms with Crippen LogP contribution in [0.15, 0.2) is 53.4 Å². The number of nitrogens with two attached hydrogens (primary N) is 1. The lowest BCUT2D eigenvalue weighted by Crippen LogP contribution is -2.31. The maximum absolute atomic E-state index is 12.5. The van der Waals surface area contributed by atoms with Gasteiger partial charge in [-0.3, -0.25) is 9.59 Å². The third-order valence-electron chi connectivity index (χ3n) is 3.33. The standard InChI is InChI=1S/C16H13IN2O2S/c17-10-4-6-12(7-5-10)19-15(20)9-14(16(19)21)22-13-3-1-2-11(18)8-13/h1-8,14H,9,18H2/t14-/m1/s1. The minimum absolute atomic E-state index is 0.160. The van der Waals surface area contributed by atoms with Crippen LogP contribution in [0.3, 0.4) is 0 Å². The van der Waals surface area contributed by atoms with Gasteiger partial charge in [-0.05, 0) is 65.1 Å². The molecule has 1 saturated heterocycles. The zero-order valence-corrected chi connectivity index (χ0v) is 14.5. The molecule has 1 aliphatic rings. The van der Waals surface area contributed by atoms with E-state index in [2.05, 4.69) is 22.6 Å². The Morgan fingerprint density at radius 3 is 2.55 bits per heavy atom. The Bertz CT molecular complexity index is 733. The van der Waals surface area contributed by atoms with Crippen LogP contribution >= 0.6 is 34.4 Å². The lowest BCUT2D eigenvalue weighted by Gasteiger charge is -2.15. The second-order valence-corrected chi connectivity index (χ2v) is 7.45. The fourth-order valence-electron chi connectivity index (χ4n) is 2.31. The SMILES string of the molecule is Nc1cccc(S[C@@H]2CC(=O)N(c3ccc(I)cc3)C2=O)c1. The van der Waals surface area contributed by atoms with Crippen molar-refractivity contribution in [3.63, 3.8) is 0 Å². The first-order valence-corrected chi connectivity index (χ1v) is 8.65. The van der Waals surface area contributed by atoms with Gasteiger partial charge in [-0.25, -0.2) is 4.90 Å². The summed E-state index contributed by atoms with van der Waals surface area (Å²) in [5, 5.41) is -0.395. The predicted molar refractivity (Wildman–Crippen MR) is 96.8 cm³/mol. The van der Waals surface area contributed by atoms with Gasteiger partial charge < -0.3 is 5.73 Å². The molecule has 1 heterocycles. The van der Waals surface area contributed by atoms with E-state index in [4.69, 9.17) is 5.73 Å². The Hall–Kier alpha value is -1.54. The molecule has 112 valence electrons. The summed E-state index contributed by atoms with van der Waals surface area (Å²) in [5.74, 6) is -0.328. The molecule has 1 atom stereocenters. The summed E-state index contributed by atoms with van der Waals surface area (Å²) in [7, 11) is 0. The van der Waals surface area contributed by atoms with Gasteiger partial charge in [0.25, 0.3) is 0 Å². The van der Waals surface area contributed by atoms with Crippen molar-refractivity contribution in [2.75, 3.05) is 10.6 Å². The van der Waals surface area contributed by atoms with Crippen LogP contribution in [0.2, 0.25) is 0 Å². The van der Waals surface area contributed by atoms with Gasteiger partial charge in [0.2, 0.25) is 11.8 Å². The molecule has 4 nitrogen and oxygen atoms in total. The van der Waals surface area contributed by atoms with E-state index in [-0.39, 0.29) is 18.2 Å². The molecule has 2 amide bonds. The maximum Gasteiger partial charge on any atom is 0.247 e. The normalized spacial score (nSPS) is 18.0. The molecule has 0 bridgehead atoms. The molecule has 6 heteroatoms. The first-order valence-electron chi connectivity index (χ1n) is 6.69. The van der Waals surface area contributed by atoms with Crippen LogP contribution in [-0.4, -0.2) is 17.1 Å². The summed E-state index contributed by atoms with van der Waals surface area (Å²) in [6.07, 6.45) is 0.213. The lowest BCUT2D eigenvalue weighted by molar-refractivity contribution is -0.121. The molecule has 0 saturated carbocycles. The number of carbonyl (C=O) groups excluding carboxylic acids is 2. The Balaban J connectivity index is 1.81. The number of nitrogen functional groups attached to an aromatic ring is 1. The van der Waals surface area contributed by atoms with Crippen LogP contribution in [0.1, 0.15) is 6.42 Å². The first-order chi connectivity index (χ1) is 10.5. The summed E-state index contributed by atoms with van der Waals surface area (Å²) in [6, 6.07) is 14.7. The van der Waals surface area contributed by atoms with Gasteiger partial charge in [-0.15, -0.1) is 11.8 Å². The van der Waals surface area contributed by atoms with Crippen molar-refractivity contribution >= 4 is 57.5 Å². The third-order valence-corrected chi connectivity index (χ3v) is 5.22. The predicted octanol–water partition coefficient (Wildman–Crippen LogP) is 3.30. The maximum atomic E-state index is 12.5. The van der Waals surface area contributed by atoms with E-state index in [0.29, 0.717) is 11.4 Å². The number of imide groups is 1. The lowest BCUT2D eigenvalue weighted by atomic mass is 10.3. The van der Waals surface area contributed by atoms with E-state index in [1.165, 1.54) is 16.7 Å². The van der Waals surface area contributed by atoms with Crippen molar-refractivity contribution in [2.45, 2.75) is 16.6 Å². The third kappa shape index (κ3) is 3.12. The molecule has 0 radical (unpaired) electrons. The van der Waals surface area contributed by atoms with Gasteiger partial charge >= 0.3 is 0 Å². The highest BCUT2D eigenvalue weighted by Gasteiger charge is 2.40. The fourth-order valence-corrected chi connectivity index (χ4v) is 3.79. The minimum Gasteiger partial charge on any atom is -0.399 e. The summed E-state index contributed by atoms with van der Waals surface area (Å²) in [5.41, 5.74) is 7.03. The zero-order valence-electron chi connectivity index (χ0n) is 11.5. The smallest absolute Gasteiger partial charge is 0.247 e. The van der Waals surface area contributed by atoms with E-state index in [1.807, 2.05) is 30.3 Å². The Kier molecular flexibility index (Phi) is 4.39. The van der Waals surface area contributed by atoms with Gasteiger partial charge in [0, 0.05) is 20.6 Å². The van der Waals surface area contributed by atoms with E-state index >= 15 is 0 Å². The van der Waals surface area contributed by atoms with Crippen molar-refractivity contribution in [1.29, 1.82) is 0 Å². The van der Waals surface area contributed by atoms with Crippen LogP contribution in [-0.2, 0) is 9.59 Å². The van der Waals surface area contributed by atoms with Gasteiger partial charge in [-0.2, -0.15) is 0 Å². The quantitative estimate of drug-likeness (QED) is 0.467. The van der Waals surface area contributed by atoms with Crippen LogP contribution in [0.25, 0.3) is 0 Å². The molecule has 2 aromatic carbocycles. The fraction of sp³-hybridized carbons (Fsp3) is 0.125. The number of hydrogen-bond acceptors (Lipinski definition) is 4. The molecule has 3 rings (SSSR count). The molecule has 2 N–H and O–H groups in total. The number of halogens is 1. The van der Waals surface area contributed by atoms with Crippen molar-refractivity contribution in [2.24, 2.45) is 0 Å². The number of anilines is 2. The van der Waals surface area contributed by atoms with Crippen LogP contribution in [0.5, 0.6) is 0 Å². The molecular weight excluding hydrogens is 411 g/mol. The second kappa shape index (κ2) is 6.29. The van der Waals surface area contributed by atoms with E-state index < -0.39 is 5.25 Å². The average Bonchev–Trinajstić information content (AvgIpc) is 2.75. The molecule has 0 aromatic heterocycles. The molecule has 0 aliphatic carbocycles. The molecule has 2 aromatic rings. The van der Waals surface area contributed by atoms with Gasteiger partial charge in [0.1, 0.15) is 0 Å². The van der Waals surface area contributed by atoms with E-state index in [0.717, 1.165) is 8.47 Å². The van der Waals surface area contributed by atoms with Gasteiger partial charge in [0.15, 0.2) is 0 Å². The summed E-state index contributed by atoms with van der Waals surface area (Å²) >= 11 is 3.57. The van der Waals surface area contributed by atoms with Crippen molar-refractivity contribution in [1.82, 2.24) is 0 Å². The van der Waals surface area contributed by atoms with Gasteiger partial charge in [-0.1, -0.05) is 6.07 Å². The average molecular weight is 424 g/mol. The van der Waals surface area contributed by atoms with Crippen molar-refractivity contribution < 1.29 is 9.59 Å². The van der Waals surface area contributed by atoms with Crippen molar-refractivity contribution in [3.05, 3.63) is 52.1 Å². The molecule has 1 fully saturated rings. The molecule has 0 spiro atoms. The number of carbonyl (C=O) groups is 2. The zero-order chi connectivity index (χ0) is 15.7. The Morgan fingerprint density at radius 1 is 1.14 bits per heavy atom. The van der Waals surface area contributed by atoms with E-state index in [9.17, 15) is 9.59 Å². The molecule has 0 unspecified atom stereocenters. The van der Waals surface area contributed by atoms with E-state index in [1.54, 1.807) is 18.2 Å². The van der Waals surface area contributed by atoms with Gasteiger partial charge in [0.05, 0.1) is 10.9 Å². The number of rotatable bonds is 3. The Labute approximate surface area is 146 Å². The molecule has 1 aliphatic heterocycles. The topological polar surface area (TPSA) is 63.4 Å². The molecule has 22 heavy (non-hydrogen) atoms. The van der Waals surface area contributed by atoms with Crippen LogP contribution < -0.4 is 10.6 Å². The Morgan fingerprint density at radius 2 is 1.86 bits per heavy atom. The van der Waals surface area contributed by atoms with Crippen LogP contribution in [0, 0.1) is 3.57 Å². The highest BCUT2D eigenvalue weighted by Crippen LogP contribution is 2.34. The van der Waals surface area contributed by atoms with Crippen LogP contribution in [0.4, 0.5) is 11.4 Å². The monoisotopic (exact) mass is 424 g/mol. The first kappa shape index (κ1) is 15.4. The number of thioether (sulfide) groups is 1.